The first-order valence-electron chi connectivity index (χ1n) is 8.79. The van der Waals surface area contributed by atoms with E-state index in [9.17, 15) is 0 Å². The maximum Gasteiger partial charge on any atom is 0.0205 e. The van der Waals surface area contributed by atoms with Gasteiger partial charge in [-0.25, -0.2) is 0 Å². The smallest absolute Gasteiger partial charge is 0.0205 e. The Kier molecular flexibility index (Phi) is 11.7. The summed E-state index contributed by atoms with van der Waals surface area (Å²) < 4.78 is 0. The molecular formula is C19H33NS. The molecule has 0 saturated heterocycles. The Morgan fingerprint density at radius 3 is 2.05 bits per heavy atom. The fourth-order valence-electron chi connectivity index (χ4n) is 2.40. The Morgan fingerprint density at radius 1 is 0.810 bits per heavy atom. The molecule has 21 heavy (non-hydrogen) atoms. The van der Waals surface area contributed by atoms with Gasteiger partial charge in [-0.3, -0.25) is 0 Å². The van der Waals surface area contributed by atoms with Gasteiger partial charge in [-0.2, -0.15) is 0 Å². The minimum Gasteiger partial charge on any atom is -0.313 e. The van der Waals surface area contributed by atoms with E-state index >= 15 is 0 Å². The van der Waals surface area contributed by atoms with Gasteiger partial charge in [0.05, 0.1) is 0 Å². The molecule has 0 amide bonds. The van der Waals surface area contributed by atoms with Gasteiger partial charge in [0.1, 0.15) is 0 Å². The predicted molar refractivity (Wildman–Crippen MR) is 97.2 cm³/mol. The fraction of sp³-hybridized carbons (Fsp3) is 0.684. The topological polar surface area (TPSA) is 12.0 Å². The van der Waals surface area contributed by atoms with Crippen LogP contribution < -0.4 is 5.32 Å². The molecule has 0 atom stereocenters. The fourth-order valence-corrected chi connectivity index (χ4v) is 3.31. The van der Waals surface area contributed by atoms with Crippen LogP contribution in [0.5, 0.6) is 0 Å². The van der Waals surface area contributed by atoms with E-state index in [1.54, 1.807) is 0 Å². The van der Waals surface area contributed by atoms with E-state index < -0.39 is 0 Å². The predicted octanol–water partition coefficient (Wildman–Crippen LogP) is 6.03. The summed E-state index contributed by atoms with van der Waals surface area (Å²) in [5.74, 6) is 1.27. The van der Waals surface area contributed by atoms with Crippen molar-refractivity contribution in [3.05, 3.63) is 29.8 Å². The molecule has 0 aliphatic heterocycles. The Bertz CT molecular complexity index is 334. The normalized spacial score (nSPS) is 11.0. The largest absolute Gasteiger partial charge is 0.313 e. The molecule has 1 rings (SSSR count). The number of unbranched alkanes of at least 4 members (excludes halogenated alkanes) is 7. The summed E-state index contributed by atoms with van der Waals surface area (Å²) in [7, 11) is 0. The van der Waals surface area contributed by atoms with Gasteiger partial charge in [-0.05, 0) is 36.4 Å². The molecular weight excluding hydrogens is 274 g/mol. The molecule has 0 radical (unpaired) electrons. The minimum atomic E-state index is 0.986. The highest BCUT2D eigenvalue weighted by molar-refractivity contribution is 7.99. The van der Waals surface area contributed by atoms with Gasteiger partial charge >= 0.3 is 0 Å². The van der Waals surface area contributed by atoms with Crippen molar-refractivity contribution in [3.63, 3.8) is 0 Å². The molecule has 0 aromatic heterocycles. The third kappa shape index (κ3) is 9.97. The van der Waals surface area contributed by atoms with Crippen molar-refractivity contribution in [2.24, 2.45) is 0 Å². The van der Waals surface area contributed by atoms with Gasteiger partial charge in [-0.15, -0.1) is 11.8 Å². The van der Waals surface area contributed by atoms with Crippen LogP contribution in [0.2, 0.25) is 0 Å². The molecule has 0 fully saturated rings. The molecule has 0 aliphatic rings. The summed E-state index contributed by atoms with van der Waals surface area (Å²) in [6.45, 7) is 6.45. The molecule has 0 heterocycles. The van der Waals surface area contributed by atoms with Crippen LogP contribution in [0.3, 0.4) is 0 Å². The monoisotopic (exact) mass is 307 g/mol. The van der Waals surface area contributed by atoms with E-state index in [4.69, 9.17) is 0 Å². The average Bonchev–Trinajstić information content (AvgIpc) is 2.52. The Hall–Kier alpha value is -0.470. The molecule has 120 valence electrons. The van der Waals surface area contributed by atoms with Gasteiger partial charge in [0.2, 0.25) is 0 Å². The van der Waals surface area contributed by atoms with Gasteiger partial charge in [0.25, 0.3) is 0 Å². The van der Waals surface area contributed by atoms with Crippen LogP contribution in [0.25, 0.3) is 0 Å². The maximum absolute atomic E-state index is 3.36. The number of thioether (sulfide) groups is 1. The van der Waals surface area contributed by atoms with Crippen LogP contribution >= 0.6 is 11.8 Å². The van der Waals surface area contributed by atoms with E-state index in [1.807, 2.05) is 11.8 Å². The van der Waals surface area contributed by atoms with Crippen LogP contribution in [0.4, 0.5) is 0 Å². The number of nitrogens with one attached hydrogen (secondary N) is 1. The lowest BCUT2D eigenvalue weighted by Crippen LogP contribution is -2.11. The van der Waals surface area contributed by atoms with Crippen LogP contribution in [0.1, 0.15) is 70.8 Å². The summed E-state index contributed by atoms with van der Waals surface area (Å²) in [4.78, 5) is 1.41. The molecule has 0 saturated carbocycles. The maximum atomic E-state index is 3.36. The lowest BCUT2D eigenvalue weighted by Gasteiger charge is -2.05. The quantitative estimate of drug-likeness (QED) is 0.353. The van der Waals surface area contributed by atoms with Crippen LogP contribution in [0.15, 0.2) is 29.2 Å². The number of benzene rings is 1. The second-order valence-corrected chi connectivity index (χ2v) is 6.92. The molecule has 0 aliphatic carbocycles. The molecule has 0 bridgehead atoms. The van der Waals surface area contributed by atoms with Gasteiger partial charge in [0.15, 0.2) is 0 Å². The van der Waals surface area contributed by atoms with E-state index in [0.717, 1.165) is 13.1 Å². The van der Waals surface area contributed by atoms with Crippen LogP contribution in [0, 0.1) is 0 Å². The zero-order valence-corrected chi connectivity index (χ0v) is 14.8. The first-order chi connectivity index (χ1) is 10.4. The van der Waals surface area contributed by atoms with E-state index in [1.165, 1.54) is 67.6 Å². The first kappa shape index (κ1) is 18.6. The number of hydrogen-bond acceptors (Lipinski definition) is 2. The molecule has 1 aromatic carbocycles. The Labute approximate surface area is 136 Å². The third-order valence-electron chi connectivity index (χ3n) is 3.77. The highest BCUT2D eigenvalue weighted by Crippen LogP contribution is 2.20. The molecule has 1 nitrogen and oxygen atoms in total. The Morgan fingerprint density at radius 2 is 1.43 bits per heavy atom. The summed E-state index contributed by atoms with van der Waals surface area (Å²) in [5, 5.41) is 3.36. The van der Waals surface area contributed by atoms with Crippen LogP contribution in [-0.4, -0.2) is 12.3 Å². The van der Waals surface area contributed by atoms with Crippen molar-refractivity contribution in [2.75, 3.05) is 12.3 Å². The first-order valence-corrected chi connectivity index (χ1v) is 9.77. The van der Waals surface area contributed by atoms with Crippen molar-refractivity contribution in [1.82, 2.24) is 5.32 Å². The average molecular weight is 308 g/mol. The van der Waals surface area contributed by atoms with Crippen molar-refractivity contribution in [1.29, 1.82) is 0 Å². The van der Waals surface area contributed by atoms with Gasteiger partial charge < -0.3 is 5.32 Å². The van der Waals surface area contributed by atoms with Crippen molar-refractivity contribution in [3.8, 4) is 0 Å². The SMILES string of the molecule is CCCCCCCCCCSc1ccc(CNCC)cc1. The summed E-state index contributed by atoms with van der Waals surface area (Å²) >= 11 is 2.00. The standard InChI is InChI=1S/C19H33NS/c1-3-5-6-7-8-9-10-11-16-21-19-14-12-18(13-15-19)17-20-4-2/h12-15,20H,3-11,16-17H2,1-2H3. The van der Waals surface area contributed by atoms with Gasteiger partial charge in [-0.1, -0.05) is 70.9 Å². The summed E-state index contributed by atoms with van der Waals surface area (Å²) in [6, 6.07) is 9.03. The van der Waals surface area contributed by atoms with Crippen molar-refractivity contribution in [2.45, 2.75) is 76.7 Å². The highest BCUT2D eigenvalue weighted by atomic mass is 32.2. The minimum absolute atomic E-state index is 0.986. The summed E-state index contributed by atoms with van der Waals surface area (Å²) in [6.07, 6.45) is 11.3. The molecule has 2 heteroatoms. The van der Waals surface area contributed by atoms with E-state index in [2.05, 4.69) is 43.4 Å². The zero-order chi connectivity index (χ0) is 15.2. The van der Waals surface area contributed by atoms with Crippen molar-refractivity contribution >= 4 is 11.8 Å². The van der Waals surface area contributed by atoms with E-state index in [-0.39, 0.29) is 0 Å². The lowest BCUT2D eigenvalue weighted by molar-refractivity contribution is 0.586. The lowest BCUT2D eigenvalue weighted by atomic mass is 10.1. The molecule has 0 spiro atoms. The van der Waals surface area contributed by atoms with Crippen molar-refractivity contribution < 1.29 is 0 Å². The zero-order valence-electron chi connectivity index (χ0n) is 14.0. The third-order valence-corrected chi connectivity index (χ3v) is 4.87. The second-order valence-electron chi connectivity index (χ2n) is 5.75. The Balaban J connectivity index is 1.99. The van der Waals surface area contributed by atoms with Crippen LogP contribution in [-0.2, 0) is 6.54 Å². The van der Waals surface area contributed by atoms with E-state index in [0.29, 0.717) is 0 Å². The molecule has 1 N–H and O–H groups in total. The molecule has 0 unspecified atom stereocenters. The number of rotatable bonds is 13. The summed E-state index contributed by atoms with van der Waals surface area (Å²) in [5.41, 5.74) is 1.38. The molecule has 1 aromatic rings. The number of hydrogen-bond donors (Lipinski definition) is 1. The van der Waals surface area contributed by atoms with Gasteiger partial charge in [0, 0.05) is 11.4 Å². The highest BCUT2D eigenvalue weighted by Gasteiger charge is 1.96. The second kappa shape index (κ2) is 13.2.